The van der Waals surface area contributed by atoms with Gasteiger partial charge in [-0.25, -0.2) is 9.37 Å². The minimum absolute atomic E-state index is 0.0915. The van der Waals surface area contributed by atoms with Crippen molar-refractivity contribution in [2.75, 3.05) is 0 Å². The number of carbonyl (C=O) groups is 1. The lowest BCUT2D eigenvalue weighted by Gasteiger charge is -1.91. The highest BCUT2D eigenvalue weighted by Crippen LogP contribution is 2.23. The number of halogens is 1. The van der Waals surface area contributed by atoms with E-state index >= 15 is 0 Å². The third-order valence-electron chi connectivity index (χ3n) is 2.66. The molecular weight excluding hydrogens is 235 g/mol. The molecule has 1 aromatic carbocycles. The summed E-state index contributed by atoms with van der Waals surface area (Å²) in [6.45, 7) is 0. The van der Waals surface area contributed by atoms with E-state index in [0.717, 1.165) is 0 Å². The number of rotatable bonds is 2. The van der Waals surface area contributed by atoms with Gasteiger partial charge in [-0.2, -0.15) is 0 Å². The van der Waals surface area contributed by atoms with E-state index in [1.165, 1.54) is 18.5 Å². The van der Waals surface area contributed by atoms with Gasteiger partial charge in [0.05, 0.1) is 6.33 Å². The normalized spacial score (nSPS) is 11.0. The summed E-state index contributed by atoms with van der Waals surface area (Å²) in [4.78, 5) is 16.0. The van der Waals surface area contributed by atoms with E-state index < -0.39 is 5.82 Å². The molecule has 2 heterocycles. The van der Waals surface area contributed by atoms with Crippen LogP contribution in [0.3, 0.4) is 0 Å². The molecule has 2 aromatic heterocycles. The lowest BCUT2D eigenvalue weighted by Crippen LogP contribution is -1.99. The molecular formula is C13H9FN2O2. The van der Waals surface area contributed by atoms with Crippen molar-refractivity contribution in [3.8, 4) is 0 Å². The van der Waals surface area contributed by atoms with E-state index in [-0.39, 0.29) is 22.8 Å². The fourth-order valence-corrected chi connectivity index (χ4v) is 1.80. The van der Waals surface area contributed by atoms with Crippen LogP contribution in [0.1, 0.15) is 16.2 Å². The van der Waals surface area contributed by atoms with Crippen LogP contribution in [0.5, 0.6) is 0 Å². The average molecular weight is 244 g/mol. The summed E-state index contributed by atoms with van der Waals surface area (Å²) in [7, 11) is 1.77. The number of imidazole rings is 1. The lowest BCUT2D eigenvalue weighted by atomic mass is 10.2. The Labute approximate surface area is 102 Å². The van der Waals surface area contributed by atoms with Crippen LogP contribution < -0.4 is 0 Å². The largest absolute Gasteiger partial charge is 0.449 e. The van der Waals surface area contributed by atoms with Crippen LogP contribution in [-0.2, 0) is 7.05 Å². The molecule has 5 heteroatoms. The van der Waals surface area contributed by atoms with E-state index in [9.17, 15) is 9.18 Å². The van der Waals surface area contributed by atoms with Gasteiger partial charge in [-0.15, -0.1) is 0 Å². The maximum Gasteiger partial charge on any atom is 0.248 e. The Hall–Kier alpha value is -2.43. The van der Waals surface area contributed by atoms with Gasteiger partial charge in [-0.1, -0.05) is 12.1 Å². The predicted octanol–water partition coefficient (Wildman–Crippen LogP) is 2.54. The standard InChI is InChI=1S/C13H9FN2O2/c1-16-6-10(15-7-16)12(17)11-5-8-3-2-4-9(14)13(8)18-11/h2-7H,1H3. The molecule has 0 radical (unpaired) electrons. The third-order valence-corrected chi connectivity index (χ3v) is 2.66. The first-order chi connectivity index (χ1) is 8.65. The van der Waals surface area contributed by atoms with Gasteiger partial charge in [-0.3, -0.25) is 4.79 Å². The smallest absolute Gasteiger partial charge is 0.248 e. The molecule has 0 bridgehead atoms. The van der Waals surface area contributed by atoms with Crippen molar-refractivity contribution < 1.29 is 13.6 Å². The van der Waals surface area contributed by atoms with Gasteiger partial charge < -0.3 is 8.98 Å². The Morgan fingerprint density at radius 3 is 2.94 bits per heavy atom. The number of ketones is 1. The summed E-state index contributed by atoms with van der Waals surface area (Å²) in [5, 5.41) is 0.564. The Balaban J connectivity index is 2.10. The molecule has 0 saturated heterocycles. The number of carbonyl (C=O) groups excluding carboxylic acids is 1. The maximum absolute atomic E-state index is 13.4. The molecule has 0 fully saturated rings. The SMILES string of the molecule is Cn1cnc(C(=O)c2cc3cccc(F)c3o2)c1. The second kappa shape index (κ2) is 3.80. The first kappa shape index (κ1) is 10.7. The van der Waals surface area contributed by atoms with Crippen LogP contribution in [0, 0.1) is 5.82 Å². The molecule has 0 N–H and O–H groups in total. The van der Waals surface area contributed by atoms with Crippen molar-refractivity contribution in [3.05, 3.63) is 54.1 Å². The van der Waals surface area contributed by atoms with Crippen LogP contribution in [-0.4, -0.2) is 15.3 Å². The topological polar surface area (TPSA) is 48.0 Å². The number of benzene rings is 1. The Kier molecular flexibility index (Phi) is 2.26. The fraction of sp³-hybridized carbons (Fsp3) is 0.0769. The minimum Gasteiger partial charge on any atom is -0.449 e. The van der Waals surface area contributed by atoms with Crippen molar-refractivity contribution in [3.63, 3.8) is 0 Å². The van der Waals surface area contributed by atoms with Crippen molar-refractivity contribution in [2.45, 2.75) is 0 Å². The third kappa shape index (κ3) is 1.60. The van der Waals surface area contributed by atoms with Crippen LogP contribution in [0.25, 0.3) is 11.0 Å². The van der Waals surface area contributed by atoms with Crippen molar-refractivity contribution >= 4 is 16.8 Å². The van der Waals surface area contributed by atoms with Gasteiger partial charge in [0, 0.05) is 18.6 Å². The minimum atomic E-state index is -0.479. The summed E-state index contributed by atoms with van der Waals surface area (Å²) < 4.78 is 20.4. The molecule has 0 spiro atoms. The molecule has 18 heavy (non-hydrogen) atoms. The first-order valence-electron chi connectivity index (χ1n) is 5.36. The summed E-state index contributed by atoms with van der Waals surface area (Å²) >= 11 is 0. The number of fused-ring (bicyclic) bond motifs is 1. The summed E-state index contributed by atoms with van der Waals surface area (Å²) in [5.74, 6) is -0.743. The average Bonchev–Trinajstić information content (AvgIpc) is 2.95. The zero-order chi connectivity index (χ0) is 12.7. The second-order valence-electron chi connectivity index (χ2n) is 4.02. The Bertz CT molecular complexity index is 742. The quantitative estimate of drug-likeness (QED) is 0.651. The molecule has 0 saturated carbocycles. The van der Waals surface area contributed by atoms with Crippen molar-refractivity contribution in [1.29, 1.82) is 0 Å². The fourth-order valence-electron chi connectivity index (χ4n) is 1.80. The second-order valence-corrected chi connectivity index (χ2v) is 4.02. The highest BCUT2D eigenvalue weighted by Gasteiger charge is 2.17. The summed E-state index contributed by atoms with van der Waals surface area (Å²) in [5.41, 5.74) is 0.369. The Morgan fingerprint density at radius 1 is 1.44 bits per heavy atom. The van der Waals surface area contributed by atoms with Crippen LogP contribution in [0.2, 0.25) is 0 Å². The maximum atomic E-state index is 13.4. The zero-order valence-corrected chi connectivity index (χ0v) is 9.55. The Morgan fingerprint density at radius 2 is 2.28 bits per heavy atom. The highest BCUT2D eigenvalue weighted by molar-refractivity contribution is 6.07. The summed E-state index contributed by atoms with van der Waals surface area (Å²) in [6.07, 6.45) is 3.11. The van der Waals surface area contributed by atoms with E-state index in [1.807, 2.05) is 0 Å². The molecule has 3 rings (SSSR count). The molecule has 0 atom stereocenters. The number of nitrogens with zero attached hydrogens (tertiary/aromatic N) is 2. The van der Waals surface area contributed by atoms with Crippen molar-refractivity contribution in [2.24, 2.45) is 7.05 Å². The van der Waals surface area contributed by atoms with E-state index in [2.05, 4.69) is 4.98 Å². The first-order valence-corrected chi connectivity index (χ1v) is 5.36. The molecule has 90 valence electrons. The lowest BCUT2D eigenvalue weighted by molar-refractivity contribution is 0.101. The van der Waals surface area contributed by atoms with Crippen molar-refractivity contribution in [1.82, 2.24) is 9.55 Å². The number of aryl methyl sites for hydroxylation is 1. The highest BCUT2D eigenvalue weighted by atomic mass is 19.1. The van der Waals surface area contributed by atoms with Gasteiger partial charge in [0.1, 0.15) is 5.69 Å². The molecule has 0 amide bonds. The number of para-hydroxylation sites is 1. The van der Waals surface area contributed by atoms with Crippen LogP contribution in [0.4, 0.5) is 4.39 Å². The van der Waals surface area contributed by atoms with E-state index in [4.69, 9.17) is 4.42 Å². The molecule has 3 aromatic rings. The zero-order valence-electron chi connectivity index (χ0n) is 9.55. The number of hydrogen-bond donors (Lipinski definition) is 0. The monoisotopic (exact) mass is 244 g/mol. The molecule has 0 aliphatic heterocycles. The van der Waals surface area contributed by atoms with E-state index in [0.29, 0.717) is 5.39 Å². The van der Waals surface area contributed by atoms with Gasteiger partial charge >= 0.3 is 0 Å². The number of furan rings is 1. The van der Waals surface area contributed by atoms with Crippen LogP contribution in [0.15, 0.2) is 41.2 Å². The summed E-state index contributed by atoms with van der Waals surface area (Å²) in [6, 6.07) is 6.08. The van der Waals surface area contributed by atoms with Gasteiger partial charge in [0.2, 0.25) is 5.78 Å². The van der Waals surface area contributed by atoms with Gasteiger partial charge in [-0.05, 0) is 12.1 Å². The number of aromatic nitrogens is 2. The molecule has 0 aliphatic rings. The van der Waals surface area contributed by atoms with E-state index in [1.54, 1.807) is 29.9 Å². The van der Waals surface area contributed by atoms with Gasteiger partial charge in [0.25, 0.3) is 0 Å². The number of hydrogen-bond acceptors (Lipinski definition) is 3. The molecule has 0 aliphatic carbocycles. The van der Waals surface area contributed by atoms with Crippen LogP contribution >= 0.6 is 0 Å². The molecule has 4 nitrogen and oxygen atoms in total. The van der Waals surface area contributed by atoms with Gasteiger partial charge in [0.15, 0.2) is 17.2 Å². The molecule has 0 unspecified atom stereocenters. The predicted molar refractivity (Wildman–Crippen MR) is 62.8 cm³/mol.